The van der Waals surface area contributed by atoms with Gasteiger partial charge in [0.2, 0.25) is 0 Å². The predicted octanol–water partition coefficient (Wildman–Crippen LogP) is 2.29. The maximum Gasteiger partial charge on any atom is 0.409 e. The van der Waals surface area contributed by atoms with E-state index in [-0.39, 0.29) is 17.3 Å². The molecule has 0 aliphatic heterocycles. The molecule has 0 spiro atoms. The molecule has 1 atom stereocenters. The molecule has 1 aromatic rings. The molecule has 15 heavy (non-hydrogen) atoms. The van der Waals surface area contributed by atoms with Crippen LogP contribution in [0, 0.1) is 0 Å². The number of nitrogens with one attached hydrogen (secondary N) is 1. The van der Waals surface area contributed by atoms with Gasteiger partial charge < -0.3 is 5.32 Å². The summed E-state index contributed by atoms with van der Waals surface area (Å²) >= 11 is 5.66. The lowest BCUT2D eigenvalue weighted by Crippen LogP contribution is -2.35. The SMILES string of the molecule is CCNC(c1c(Cl)cnn1C)C(F)(F)F. The average Bonchev–Trinajstić information content (AvgIpc) is 2.41. The molecule has 0 aliphatic rings. The number of halogens is 4. The highest BCUT2D eigenvalue weighted by Crippen LogP contribution is 2.35. The Labute approximate surface area is 90.2 Å². The molecule has 1 rings (SSSR count). The van der Waals surface area contributed by atoms with E-state index >= 15 is 0 Å². The van der Waals surface area contributed by atoms with Crippen molar-refractivity contribution in [3.63, 3.8) is 0 Å². The van der Waals surface area contributed by atoms with Crippen LogP contribution in [0.4, 0.5) is 13.2 Å². The van der Waals surface area contributed by atoms with Crippen molar-refractivity contribution in [2.45, 2.75) is 19.1 Å². The molecule has 1 aromatic heterocycles. The van der Waals surface area contributed by atoms with Crippen LogP contribution in [-0.4, -0.2) is 22.5 Å². The quantitative estimate of drug-likeness (QED) is 0.880. The number of nitrogens with zero attached hydrogens (tertiary/aromatic N) is 2. The molecular formula is C8H11ClF3N3. The van der Waals surface area contributed by atoms with Gasteiger partial charge in [-0.2, -0.15) is 18.3 Å². The molecule has 0 aliphatic carbocycles. The summed E-state index contributed by atoms with van der Waals surface area (Å²) in [6, 6.07) is -1.78. The zero-order valence-corrected chi connectivity index (χ0v) is 9.02. The van der Waals surface area contributed by atoms with Crippen molar-refractivity contribution in [2.24, 2.45) is 7.05 Å². The third kappa shape index (κ3) is 2.63. The van der Waals surface area contributed by atoms with E-state index in [4.69, 9.17) is 11.6 Å². The van der Waals surface area contributed by atoms with E-state index in [1.165, 1.54) is 13.2 Å². The van der Waals surface area contributed by atoms with Crippen molar-refractivity contribution >= 4 is 11.6 Å². The Morgan fingerprint density at radius 2 is 2.20 bits per heavy atom. The molecule has 0 fully saturated rings. The van der Waals surface area contributed by atoms with Crippen molar-refractivity contribution < 1.29 is 13.2 Å². The van der Waals surface area contributed by atoms with Crippen LogP contribution in [0.15, 0.2) is 6.20 Å². The standard InChI is InChI=1S/C8H11ClF3N3/c1-3-13-7(8(10,11)12)6-5(9)4-14-15(6)2/h4,7,13H,3H2,1-2H3. The van der Waals surface area contributed by atoms with Crippen LogP contribution >= 0.6 is 11.6 Å². The monoisotopic (exact) mass is 241 g/mol. The van der Waals surface area contributed by atoms with E-state index in [1.54, 1.807) is 6.92 Å². The lowest BCUT2D eigenvalue weighted by atomic mass is 10.2. The average molecular weight is 242 g/mol. The molecular weight excluding hydrogens is 231 g/mol. The minimum Gasteiger partial charge on any atom is -0.301 e. The molecule has 0 aromatic carbocycles. The largest absolute Gasteiger partial charge is 0.409 e. The highest BCUT2D eigenvalue weighted by molar-refractivity contribution is 6.31. The number of alkyl halides is 3. The van der Waals surface area contributed by atoms with Crippen LogP contribution in [-0.2, 0) is 7.05 Å². The molecule has 1 heterocycles. The first kappa shape index (κ1) is 12.3. The molecule has 0 radical (unpaired) electrons. The third-order valence-corrected chi connectivity index (χ3v) is 2.24. The van der Waals surface area contributed by atoms with Gasteiger partial charge in [-0.1, -0.05) is 18.5 Å². The lowest BCUT2D eigenvalue weighted by Gasteiger charge is -2.21. The molecule has 0 bridgehead atoms. The van der Waals surface area contributed by atoms with Gasteiger partial charge in [0.25, 0.3) is 0 Å². The minimum atomic E-state index is -4.38. The van der Waals surface area contributed by atoms with Crippen molar-refractivity contribution in [1.29, 1.82) is 0 Å². The molecule has 1 N–H and O–H groups in total. The highest BCUT2D eigenvalue weighted by atomic mass is 35.5. The summed E-state index contributed by atoms with van der Waals surface area (Å²) in [5.41, 5.74) is -0.0639. The van der Waals surface area contributed by atoms with Crippen LogP contribution in [0.25, 0.3) is 0 Å². The lowest BCUT2D eigenvalue weighted by molar-refractivity contribution is -0.158. The van der Waals surface area contributed by atoms with Gasteiger partial charge in [-0.3, -0.25) is 4.68 Å². The van der Waals surface area contributed by atoms with Gasteiger partial charge in [-0.25, -0.2) is 0 Å². The van der Waals surface area contributed by atoms with Gasteiger partial charge in [0.15, 0.2) is 0 Å². The predicted molar refractivity (Wildman–Crippen MR) is 50.7 cm³/mol. The number of hydrogen-bond acceptors (Lipinski definition) is 2. The van der Waals surface area contributed by atoms with E-state index in [9.17, 15) is 13.2 Å². The zero-order chi connectivity index (χ0) is 11.6. The van der Waals surface area contributed by atoms with Gasteiger partial charge in [-0.15, -0.1) is 0 Å². The second-order valence-corrected chi connectivity index (χ2v) is 3.44. The summed E-state index contributed by atoms with van der Waals surface area (Å²) in [6.07, 6.45) is -3.18. The van der Waals surface area contributed by atoms with Gasteiger partial charge in [0.05, 0.1) is 16.9 Å². The summed E-state index contributed by atoms with van der Waals surface area (Å²) < 4.78 is 39.1. The number of rotatable bonds is 3. The van der Waals surface area contributed by atoms with Gasteiger partial charge in [-0.05, 0) is 6.54 Å². The number of aromatic nitrogens is 2. The molecule has 3 nitrogen and oxygen atoms in total. The Hall–Kier alpha value is -0.750. The minimum absolute atomic E-state index is 0.0146. The smallest absolute Gasteiger partial charge is 0.301 e. The van der Waals surface area contributed by atoms with E-state index in [1.807, 2.05) is 0 Å². The maximum absolute atomic E-state index is 12.7. The molecule has 86 valence electrons. The highest BCUT2D eigenvalue weighted by Gasteiger charge is 2.43. The van der Waals surface area contributed by atoms with Crippen molar-refractivity contribution in [3.05, 3.63) is 16.9 Å². The van der Waals surface area contributed by atoms with Crippen LogP contribution in [0.2, 0.25) is 5.02 Å². The van der Waals surface area contributed by atoms with Crippen LogP contribution < -0.4 is 5.32 Å². The first-order valence-corrected chi connectivity index (χ1v) is 4.73. The Morgan fingerprint density at radius 3 is 2.53 bits per heavy atom. The van der Waals surface area contributed by atoms with Gasteiger partial charge in [0.1, 0.15) is 6.04 Å². The number of aryl methyl sites for hydroxylation is 1. The second kappa shape index (κ2) is 4.40. The fourth-order valence-electron chi connectivity index (χ4n) is 1.32. The fourth-order valence-corrected chi connectivity index (χ4v) is 1.59. The van der Waals surface area contributed by atoms with Crippen molar-refractivity contribution in [3.8, 4) is 0 Å². The number of hydrogen-bond donors (Lipinski definition) is 1. The summed E-state index contributed by atoms with van der Waals surface area (Å²) in [7, 11) is 1.43. The zero-order valence-electron chi connectivity index (χ0n) is 8.27. The summed E-state index contributed by atoms with van der Waals surface area (Å²) in [6.45, 7) is 1.80. The summed E-state index contributed by atoms with van der Waals surface area (Å²) in [5, 5.41) is 6.03. The Morgan fingerprint density at radius 1 is 1.60 bits per heavy atom. The van der Waals surface area contributed by atoms with Gasteiger partial charge >= 0.3 is 6.18 Å². The first-order valence-electron chi connectivity index (χ1n) is 4.35. The van der Waals surface area contributed by atoms with E-state index in [0.717, 1.165) is 4.68 Å². The summed E-state index contributed by atoms with van der Waals surface area (Å²) in [5.74, 6) is 0. The third-order valence-electron chi connectivity index (χ3n) is 1.95. The maximum atomic E-state index is 12.7. The normalized spacial score (nSPS) is 14.3. The molecule has 0 saturated carbocycles. The fraction of sp³-hybridized carbons (Fsp3) is 0.625. The Bertz CT molecular complexity index is 315. The molecule has 7 heteroatoms. The first-order chi connectivity index (χ1) is 6.88. The van der Waals surface area contributed by atoms with E-state index < -0.39 is 12.2 Å². The van der Waals surface area contributed by atoms with Crippen LogP contribution in [0.5, 0.6) is 0 Å². The molecule has 1 unspecified atom stereocenters. The molecule has 0 saturated heterocycles. The van der Waals surface area contributed by atoms with Crippen molar-refractivity contribution in [2.75, 3.05) is 6.54 Å². The van der Waals surface area contributed by atoms with Crippen LogP contribution in [0.1, 0.15) is 18.7 Å². The summed E-state index contributed by atoms with van der Waals surface area (Å²) in [4.78, 5) is 0. The molecule has 0 amide bonds. The Balaban J connectivity index is 3.10. The second-order valence-electron chi connectivity index (χ2n) is 3.03. The van der Waals surface area contributed by atoms with E-state index in [0.29, 0.717) is 0 Å². The topological polar surface area (TPSA) is 29.9 Å². The van der Waals surface area contributed by atoms with Crippen molar-refractivity contribution in [1.82, 2.24) is 15.1 Å². The Kier molecular flexibility index (Phi) is 3.62. The van der Waals surface area contributed by atoms with Gasteiger partial charge in [0, 0.05) is 7.05 Å². The van der Waals surface area contributed by atoms with Crippen LogP contribution in [0.3, 0.4) is 0 Å². The van der Waals surface area contributed by atoms with E-state index in [2.05, 4.69) is 10.4 Å².